The third kappa shape index (κ3) is 3.01. The van der Waals surface area contributed by atoms with Gasteiger partial charge in [-0.2, -0.15) is 11.8 Å². The number of imidazole rings is 1. The van der Waals surface area contributed by atoms with Crippen molar-refractivity contribution in [3.63, 3.8) is 0 Å². The van der Waals surface area contributed by atoms with E-state index in [0.717, 1.165) is 24.5 Å². The van der Waals surface area contributed by atoms with Crippen LogP contribution in [0.3, 0.4) is 0 Å². The van der Waals surface area contributed by atoms with Gasteiger partial charge >= 0.3 is 0 Å². The molecule has 0 aliphatic carbocycles. The minimum atomic E-state index is 0.258. The fourth-order valence-corrected chi connectivity index (χ4v) is 3.54. The number of hydrazine groups is 1. The van der Waals surface area contributed by atoms with E-state index in [1.54, 1.807) is 0 Å². The molecule has 3 N–H and O–H groups in total. The Kier molecular flexibility index (Phi) is 4.44. The molecule has 0 spiro atoms. The van der Waals surface area contributed by atoms with Gasteiger partial charge in [-0.25, -0.2) is 4.98 Å². The Bertz CT molecular complexity index is 353. The van der Waals surface area contributed by atoms with Gasteiger partial charge in [-0.3, -0.25) is 11.3 Å². The lowest BCUT2D eigenvalue weighted by Gasteiger charge is -2.37. The lowest BCUT2D eigenvalue weighted by Crippen LogP contribution is -2.55. The Morgan fingerprint density at radius 3 is 3.06 bits per heavy atom. The first-order valence-corrected chi connectivity index (χ1v) is 7.08. The second kappa shape index (κ2) is 5.86. The average Bonchev–Trinajstić information content (AvgIpc) is 2.73. The van der Waals surface area contributed by atoms with Crippen molar-refractivity contribution in [1.29, 1.82) is 0 Å². The standard InChI is InChI=1S/C11H21N5S/c1-15-5-6-17-8-10(15)9(14-12)7-11-13-3-4-16(11)2/h3-4,9-10,14H,5-8,12H2,1-2H3. The molecule has 0 saturated carbocycles. The van der Waals surface area contributed by atoms with Crippen molar-refractivity contribution < 1.29 is 0 Å². The normalized spacial score (nSPS) is 23.8. The van der Waals surface area contributed by atoms with Crippen molar-refractivity contribution in [3.8, 4) is 0 Å². The van der Waals surface area contributed by atoms with E-state index >= 15 is 0 Å². The molecule has 2 unspecified atom stereocenters. The number of hydrogen-bond donors (Lipinski definition) is 2. The fourth-order valence-electron chi connectivity index (χ4n) is 2.22. The van der Waals surface area contributed by atoms with Gasteiger partial charge in [0.25, 0.3) is 0 Å². The first kappa shape index (κ1) is 12.9. The van der Waals surface area contributed by atoms with Gasteiger partial charge < -0.3 is 9.47 Å². The minimum Gasteiger partial charge on any atom is -0.338 e. The molecule has 0 aromatic carbocycles. The first-order valence-electron chi connectivity index (χ1n) is 5.92. The molecule has 96 valence electrons. The predicted molar refractivity (Wildman–Crippen MR) is 71.8 cm³/mol. The number of hydrogen-bond acceptors (Lipinski definition) is 5. The molecule has 0 bridgehead atoms. The van der Waals surface area contributed by atoms with Crippen LogP contribution in [-0.2, 0) is 13.5 Å². The Morgan fingerprint density at radius 2 is 2.47 bits per heavy atom. The average molecular weight is 255 g/mol. The van der Waals surface area contributed by atoms with E-state index in [0.29, 0.717) is 6.04 Å². The van der Waals surface area contributed by atoms with Gasteiger partial charge in [-0.1, -0.05) is 0 Å². The zero-order valence-corrected chi connectivity index (χ0v) is 11.3. The number of nitrogens with one attached hydrogen (secondary N) is 1. The summed E-state index contributed by atoms with van der Waals surface area (Å²) in [6.07, 6.45) is 4.68. The highest BCUT2D eigenvalue weighted by Crippen LogP contribution is 2.18. The van der Waals surface area contributed by atoms with E-state index in [9.17, 15) is 0 Å². The van der Waals surface area contributed by atoms with Crippen LogP contribution < -0.4 is 11.3 Å². The molecule has 1 fully saturated rings. The maximum absolute atomic E-state index is 5.71. The van der Waals surface area contributed by atoms with Crippen LogP contribution in [0.25, 0.3) is 0 Å². The Morgan fingerprint density at radius 1 is 1.65 bits per heavy atom. The van der Waals surface area contributed by atoms with Crippen molar-refractivity contribution in [2.24, 2.45) is 12.9 Å². The molecule has 1 aromatic rings. The molecule has 2 rings (SSSR count). The van der Waals surface area contributed by atoms with Crippen molar-refractivity contribution in [1.82, 2.24) is 19.9 Å². The van der Waals surface area contributed by atoms with Crippen molar-refractivity contribution in [3.05, 3.63) is 18.2 Å². The van der Waals surface area contributed by atoms with Crippen molar-refractivity contribution >= 4 is 11.8 Å². The van der Waals surface area contributed by atoms with E-state index < -0.39 is 0 Å². The third-order valence-corrected chi connectivity index (χ3v) is 4.49. The summed E-state index contributed by atoms with van der Waals surface area (Å²) in [5.74, 6) is 9.14. The van der Waals surface area contributed by atoms with Gasteiger partial charge in [0.1, 0.15) is 5.82 Å². The summed E-state index contributed by atoms with van der Waals surface area (Å²) in [5.41, 5.74) is 2.96. The van der Waals surface area contributed by atoms with Crippen LogP contribution in [-0.4, -0.2) is 51.6 Å². The zero-order valence-electron chi connectivity index (χ0n) is 10.5. The highest BCUT2D eigenvalue weighted by Gasteiger charge is 2.28. The molecule has 1 aromatic heterocycles. The van der Waals surface area contributed by atoms with Gasteiger partial charge in [-0.05, 0) is 7.05 Å². The molecule has 17 heavy (non-hydrogen) atoms. The Labute approximate surface area is 107 Å². The lowest BCUT2D eigenvalue weighted by molar-refractivity contribution is 0.212. The Balaban J connectivity index is 2.03. The highest BCUT2D eigenvalue weighted by atomic mass is 32.2. The van der Waals surface area contributed by atoms with Crippen LogP contribution in [0.2, 0.25) is 0 Å². The lowest BCUT2D eigenvalue weighted by atomic mass is 10.1. The smallest absolute Gasteiger partial charge is 0.110 e. The van der Waals surface area contributed by atoms with Crippen LogP contribution in [0.1, 0.15) is 5.82 Å². The number of nitrogens with two attached hydrogens (primary N) is 1. The van der Waals surface area contributed by atoms with Crippen molar-refractivity contribution in [2.75, 3.05) is 25.1 Å². The minimum absolute atomic E-state index is 0.258. The van der Waals surface area contributed by atoms with E-state index in [1.165, 1.54) is 5.75 Å². The molecule has 2 atom stereocenters. The zero-order chi connectivity index (χ0) is 12.3. The predicted octanol–water partition coefficient (Wildman–Crippen LogP) is -0.158. The van der Waals surface area contributed by atoms with E-state index in [-0.39, 0.29) is 6.04 Å². The van der Waals surface area contributed by atoms with E-state index in [1.807, 2.05) is 31.2 Å². The first-order chi connectivity index (χ1) is 8.22. The summed E-state index contributed by atoms with van der Waals surface area (Å²) in [5, 5.41) is 0. The number of aryl methyl sites for hydroxylation is 1. The molecule has 1 saturated heterocycles. The van der Waals surface area contributed by atoms with E-state index in [2.05, 4.69) is 26.9 Å². The van der Waals surface area contributed by atoms with E-state index in [4.69, 9.17) is 5.84 Å². The summed E-state index contributed by atoms with van der Waals surface area (Å²) >= 11 is 2.00. The number of nitrogens with zero attached hydrogens (tertiary/aromatic N) is 3. The van der Waals surface area contributed by atoms with Crippen LogP contribution >= 0.6 is 11.8 Å². The fraction of sp³-hybridized carbons (Fsp3) is 0.727. The molecule has 6 heteroatoms. The maximum Gasteiger partial charge on any atom is 0.110 e. The monoisotopic (exact) mass is 255 g/mol. The van der Waals surface area contributed by atoms with Crippen molar-refractivity contribution in [2.45, 2.75) is 18.5 Å². The number of likely N-dealkylation sites (N-methyl/N-ethyl adjacent to an activating group) is 1. The molecule has 0 amide bonds. The summed E-state index contributed by atoms with van der Waals surface area (Å²) in [4.78, 5) is 6.76. The molecular formula is C11H21N5S. The van der Waals surface area contributed by atoms with Crippen LogP contribution in [0.5, 0.6) is 0 Å². The third-order valence-electron chi connectivity index (χ3n) is 3.45. The van der Waals surface area contributed by atoms with Crippen LogP contribution in [0.15, 0.2) is 12.4 Å². The summed E-state index contributed by atoms with van der Waals surface area (Å²) in [7, 11) is 4.20. The van der Waals surface area contributed by atoms with Gasteiger partial charge in [0, 0.05) is 56.0 Å². The van der Waals surface area contributed by atoms with Gasteiger partial charge in [0.15, 0.2) is 0 Å². The Hall–Kier alpha value is -0.560. The van der Waals surface area contributed by atoms with Gasteiger partial charge in [0.2, 0.25) is 0 Å². The molecule has 1 aliphatic rings. The quantitative estimate of drug-likeness (QED) is 0.578. The highest BCUT2D eigenvalue weighted by molar-refractivity contribution is 7.99. The molecule has 2 heterocycles. The number of aromatic nitrogens is 2. The summed E-state index contributed by atoms with van der Waals surface area (Å²) in [6, 6.07) is 0.740. The molecule has 0 radical (unpaired) electrons. The molecule has 1 aliphatic heterocycles. The maximum atomic E-state index is 5.71. The second-order valence-corrected chi connectivity index (χ2v) is 5.70. The molecular weight excluding hydrogens is 234 g/mol. The SMILES string of the molecule is CN1CCSCC1C(Cc1nccn1C)NN. The summed E-state index contributed by atoms with van der Waals surface area (Å²) in [6.45, 7) is 1.13. The largest absolute Gasteiger partial charge is 0.338 e. The second-order valence-electron chi connectivity index (χ2n) is 4.55. The van der Waals surface area contributed by atoms with Gasteiger partial charge in [0.05, 0.1) is 0 Å². The topological polar surface area (TPSA) is 59.1 Å². The van der Waals surface area contributed by atoms with Crippen LogP contribution in [0.4, 0.5) is 0 Å². The van der Waals surface area contributed by atoms with Gasteiger partial charge in [-0.15, -0.1) is 0 Å². The summed E-state index contributed by atoms with van der Waals surface area (Å²) < 4.78 is 2.06. The number of rotatable bonds is 4. The molecule has 5 nitrogen and oxygen atoms in total. The van der Waals surface area contributed by atoms with Crippen LogP contribution in [0, 0.1) is 0 Å². The number of thioether (sulfide) groups is 1.